The van der Waals surface area contributed by atoms with E-state index < -0.39 is 0 Å². The third-order valence-corrected chi connectivity index (χ3v) is 6.63. The van der Waals surface area contributed by atoms with Gasteiger partial charge in [0.15, 0.2) is 11.5 Å². The summed E-state index contributed by atoms with van der Waals surface area (Å²) in [6, 6.07) is 12.1. The minimum Gasteiger partial charge on any atom is -0.440 e. The van der Waals surface area contributed by atoms with Crippen LogP contribution in [0.25, 0.3) is 11.1 Å². The van der Waals surface area contributed by atoms with Crippen LogP contribution in [0.2, 0.25) is 0 Å². The normalized spacial score (nSPS) is 15.7. The fourth-order valence-corrected chi connectivity index (χ4v) is 5.02. The Morgan fingerprint density at radius 2 is 2.04 bits per heavy atom. The number of hydrogen-bond donors (Lipinski definition) is 0. The summed E-state index contributed by atoms with van der Waals surface area (Å²) in [7, 11) is 0. The molecule has 2 aromatic heterocycles. The predicted molar refractivity (Wildman–Crippen MR) is 108 cm³/mol. The van der Waals surface area contributed by atoms with Crippen LogP contribution in [0.15, 0.2) is 44.6 Å². The second kappa shape index (κ2) is 7.92. The molecule has 3 aromatic rings. The largest absolute Gasteiger partial charge is 0.440 e. The van der Waals surface area contributed by atoms with Gasteiger partial charge in [0, 0.05) is 30.3 Å². The highest BCUT2D eigenvalue weighted by Gasteiger charge is 2.26. The second-order valence-corrected chi connectivity index (χ2v) is 9.28. The molecule has 0 aliphatic carbocycles. The van der Waals surface area contributed by atoms with Crippen molar-refractivity contribution in [3.63, 3.8) is 0 Å². The number of fused-ring (bicyclic) bond motifs is 1. The van der Waals surface area contributed by atoms with E-state index in [0.29, 0.717) is 12.3 Å². The lowest BCUT2D eigenvalue weighted by Gasteiger charge is -2.30. The maximum Gasteiger partial charge on any atom is 0.222 e. The van der Waals surface area contributed by atoms with Crippen molar-refractivity contribution in [1.29, 1.82) is 0 Å². The van der Waals surface area contributed by atoms with Crippen molar-refractivity contribution < 1.29 is 9.21 Å². The van der Waals surface area contributed by atoms with Gasteiger partial charge in [-0.2, -0.15) is 0 Å². The van der Waals surface area contributed by atoms with Crippen molar-refractivity contribution in [2.24, 2.45) is 0 Å². The molecule has 0 unspecified atom stereocenters. The standard InChI is InChI=1S/C20H21BrN2O2S/c21-18-9-8-15(26-18)4-3-7-19(24)23-12-10-14(11-13-23)20-22-16-5-1-2-6-17(16)25-20/h1-2,5-6,8-9,14H,3-4,7,10-13H2. The van der Waals surface area contributed by atoms with Crippen LogP contribution < -0.4 is 0 Å². The summed E-state index contributed by atoms with van der Waals surface area (Å²) in [6.07, 6.45) is 4.37. The Morgan fingerprint density at radius 3 is 2.77 bits per heavy atom. The van der Waals surface area contributed by atoms with E-state index in [-0.39, 0.29) is 5.91 Å². The number of amides is 1. The van der Waals surface area contributed by atoms with Gasteiger partial charge in [0.2, 0.25) is 5.91 Å². The Morgan fingerprint density at radius 1 is 1.23 bits per heavy atom. The highest BCUT2D eigenvalue weighted by atomic mass is 79.9. The maximum absolute atomic E-state index is 12.5. The molecule has 4 rings (SSSR count). The van der Waals surface area contributed by atoms with E-state index in [2.05, 4.69) is 33.0 Å². The first-order valence-corrected chi connectivity index (χ1v) is 10.7. The summed E-state index contributed by atoms with van der Waals surface area (Å²) in [6.45, 7) is 1.60. The van der Waals surface area contributed by atoms with Gasteiger partial charge in [0.25, 0.3) is 0 Å². The van der Waals surface area contributed by atoms with Crippen molar-refractivity contribution in [2.75, 3.05) is 13.1 Å². The zero-order chi connectivity index (χ0) is 17.9. The molecular formula is C20H21BrN2O2S. The molecule has 1 fully saturated rings. The molecule has 0 saturated carbocycles. The van der Waals surface area contributed by atoms with Crippen LogP contribution in [0.3, 0.4) is 0 Å². The van der Waals surface area contributed by atoms with E-state index >= 15 is 0 Å². The fraction of sp³-hybridized carbons (Fsp3) is 0.400. The molecular weight excluding hydrogens is 412 g/mol. The van der Waals surface area contributed by atoms with Gasteiger partial charge < -0.3 is 9.32 Å². The topological polar surface area (TPSA) is 46.3 Å². The predicted octanol–water partition coefficient (Wildman–Crippen LogP) is 5.38. The maximum atomic E-state index is 12.5. The smallest absolute Gasteiger partial charge is 0.222 e. The van der Waals surface area contributed by atoms with E-state index in [1.165, 1.54) is 4.88 Å². The Bertz CT molecular complexity index is 863. The zero-order valence-corrected chi connectivity index (χ0v) is 16.9. The molecule has 26 heavy (non-hydrogen) atoms. The van der Waals surface area contributed by atoms with Crippen LogP contribution in [0.5, 0.6) is 0 Å². The molecule has 1 aliphatic heterocycles. The van der Waals surface area contributed by atoms with Gasteiger partial charge in [-0.3, -0.25) is 4.79 Å². The van der Waals surface area contributed by atoms with E-state index in [0.717, 1.165) is 59.5 Å². The molecule has 1 aliphatic rings. The third kappa shape index (κ3) is 4.01. The van der Waals surface area contributed by atoms with Crippen LogP contribution in [0.4, 0.5) is 0 Å². The second-order valence-electron chi connectivity index (χ2n) is 6.73. The lowest BCUT2D eigenvalue weighted by atomic mass is 9.96. The number of halogens is 1. The molecule has 1 aromatic carbocycles. The van der Waals surface area contributed by atoms with Crippen LogP contribution >= 0.6 is 27.3 Å². The van der Waals surface area contributed by atoms with Crippen LogP contribution in [-0.2, 0) is 11.2 Å². The number of hydrogen-bond acceptors (Lipinski definition) is 4. The fourth-order valence-electron chi connectivity index (χ4n) is 3.50. The number of carbonyl (C=O) groups is 1. The van der Waals surface area contributed by atoms with Crippen molar-refractivity contribution in [3.8, 4) is 0 Å². The number of piperidine rings is 1. The number of aryl methyl sites for hydroxylation is 1. The number of oxazole rings is 1. The summed E-state index contributed by atoms with van der Waals surface area (Å²) in [5.74, 6) is 1.41. The first-order valence-electron chi connectivity index (χ1n) is 9.06. The van der Waals surface area contributed by atoms with Gasteiger partial charge in [-0.1, -0.05) is 12.1 Å². The monoisotopic (exact) mass is 432 g/mol. The lowest BCUT2D eigenvalue weighted by Crippen LogP contribution is -2.37. The molecule has 0 spiro atoms. The first-order chi connectivity index (χ1) is 12.7. The van der Waals surface area contributed by atoms with Gasteiger partial charge in [0.05, 0.1) is 3.79 Å². The number of benzene rings is 1. The number of nitrogens with zero attached hydrogens (tertiary/aromatic N) is 2. The number of thiophene rings is 1. The molecule has 4 nitrogen and oxygen atoms in total. The molecule has 136 valence electrons. The van der Waals surface area contributed by atoms with Crippen LogP contribution in [0.1, 0.15) is 42.4 Å². The van der Waals surface area contributed by atoms with E-state index in [1.807, 2.05) is 29.2 Å². The molecule has 1 saturated heterocycles. The Kier molecular flexibility index (Phi) is 5.41. The molecule has 6 heteroatoms. The number of rotatable bonds is 5. The minimum absolute atomic E-state index is 0.275. The van der Waals surface area contributed by atoms with E-state index in [1.54, 1.807) is 11.3 Å². The summed E-state index contributed by atoms with van der Waals surface area (Å²) in [5, 5.41) is 0. The van der Waals surface area contributed by atoms with Crippen molar-refractivity contribution in [2.45, 2.75) is 38.0 Å². The summed E-state index contributed by atoms with van der Waals surface area (Å²) in [4.78, 5) is 20.4. The lowest BCUT2D eigenvalue weighted by molar-refractivity contribution is -0.132. The van der Waals surface area contributed by atoms with Gasteiger partial charge in [0.1, 0.15) is 5.52 Å². The highest BCUT2D eigenvalue weighted by molar-refractivity contribution is 9.11. The van der Waals surface area contributed by atoms with Crippen molar-refractivity contribution in [1.82, 2.24) is 9.88 Å². The van der Waals surface area contributed by atoms with Crippen molar-refractivity contribution in [3.05, 3.63) is 51.0 Å². The summed E-state index contributed by atoms with van der Waals surface area (Å²) in [5.41, 5.74) is 1.77. The molecule has 0 N–H and O–H groups in total. The number of para-hydroxylation sites is 2. The average molecular weight is 433 g/mol. The van der Waals surface area contributed by atoms with Gasteiger partial charge in [-0.15, -0.1) is 11.3 Å². The first kappa shape index (κ1) is 17.7. The third-order valence-electron chi connectivity index (χ3n) is 4.95. The molecule has 0 radical (unpaired) electrons. The molecule has 1 amide bonds. The number of carbonyl (C=O) groups excluding carboxylic acids is 1. The Hall–Kier alpha value is -1.66. The minimum atomic E-state index is 0.275. The Balaban J connectivity index is 1.26. The average Bonchev–Trinajstić information content (AvgIpc) is 3.27. The van der Waals surface area contributed by atoms with Crippen LogP contribution in [0, 0.1) is 0 Å². The summed E-state index contributed by atoms with van der Waals surface area (Å²) < 4.78 is 7.05. The van der Waals surface area contributed by atoms with Gasteiger partial charge in [-0.25, -0.2) is 4.98 Å². The number of aromatic nitrogens is 1. The molecule has 3 heterocycles. The number of likely N-dealkylation sites (tertiary alicyclic amines) is 1. The zero-order valence-electron chi connectivity index (χ0n) is 14.5. The molecule has 0 bridgehead atoms. The van der Waals surface area contributed by atoms with Crippen LogP contribution in [-0.4, -0.2) is 28.9 Å². The van der Waals surface area contributed by atoms with Gasteiger partial charge >= 0.3 is 0 Å². The van der Waals surface area contributed by atoms with Gasteiger partial charge in [-0.05, 0) is 65.9 Å². The quantitative estimate of drug-likeness (QED) is 0.543. The SMILES string of the molecule is O=C(CCCc1ccc(Br)s1)N1CCC(c2nc3ccccc3o2)CC1. The highest BCUT2D eigenvalue weighted by Crippen LogP contribution is 2.30. The Labute approximate surface area is 165 Å². The van der Waals surface area contributed by atoms with E-state index in [4.69, 9.17) is 4.42 Å². The summed E-state index contributed by atoms with van der Waals surface area (Å²) >= 11 is 5.23. The van der Waals surface area contributed by atoms with E-state index in [9.17, 15) is 4.79 Å². The van der Waals surface area contributed by atoms with Crippen molar-refractivity contribution >= 4 is 44.3 Å². The molecule has 0 atom stereocenters.